The van der Waals surface area contributed by atoms with Crippen molar-refractivity contribution >= 4 is 22.8 Å². The minimum absolute atomic E-state index is 0.199. The van der Waals surface area contributed by atoms with E-state index in [1.807, 2.05) is 38.1 Å². The van der Waals surface area contributed by atoms with E-state index < -0.39 is 11.9 Å². The first-order valence-electron chi connectivity index (χ1n) is 10.8. The fraction of sp³-hybridized carbons (Fsp3) is 0.565. The summed E-state index contributed by atoms with van der Waals surface area (Å²) in [5.41, 5.74) is 1.81. The van der Waals surface area contributed by atoms with Crippen LogP contribution in [0.3, 0.4) is 0 Å². The van der Waals surface area contributed by atoms with Crippen molar-refractivity contribution in [1.82, 2.24) is 15.3 Å². The lowest BCUT2D eigenvalue weighted by atomic mass is 10.0. The van der Waals surface area contributed by atoms with Gasteiger partial charge in [0.1, 0.15) is 11.8 Å². The number of para-hydroxylation sites is 2. The van der Waals surface area contributed by atoms with E-state index in [4.69, 9.17) is 14.7 Å². The number of nitrogens with one attached hydrogen (secondary N) is 1. The normalized spacial score (nSPS) is 17.9. The zero-order chi connectivity index (χ0) is 21.7. The van der Waals surface area contributed by atoms with E-state index in [0.717, 1.165) is 25.2 Å². The van der Waals surface area contributed by atoms with Gasteiger partial charge < -0.3 is 15.0 Å². The predicted octanol–water partition coefficient (Wildman–Crippen LogP) is 3.40. The zero-order valence-corrected chi connectivity index (χ0v) is 18.3. The van der Waals surface area contributed by atoms with E-state index in [9.17, 15) is 10.1 Å². The van der Waals surface area contributed by atoms with Gasteiger partial charge in [-0.2, -0.15) is 5.26 Å². The number of carbonyl (C=O) groups excluding carboxylic acids is 1. The van der Waals surface area contributed by atoms with Gasteiger partial charge in [-0.25, -0.2) is 9.97 Å². The minimum atomic E-state index is -1.11. The Labute approximate surface area is 178 Å². The lowest BCUT2D eigenvalue weighted by Gasteiger charge is -2.37. The van der Waals surface area contributed by atoms with Crippen LogP contribution in [-0.2, 0) is 9.53 Å². The van der Waals surface area contributed by atoms with Gasteiger partial charge in [-0.3, -0.25) is 4.79 Å². The molecule has 1 aliphatic rings. The highest BCUT2D eigenvalue weighted by Crippen LogP contribution is 2.29. The van der Waals surface area contributed by atoms with Crippen LogP contribution >= 0.6 is 0 Å². The van der Waals surface area contributed by atoms with Crippen molar-refractivity contribution in [3.63, 3.8) is 0 Å². The molecule has 1 fully saturated rings. The molecular weight excluding hydrogens is 378 g/mol. The maximum atomic E-state index is 12.9. The standard InChI is InChI=1S/C23H31N5O2/c1-5-16(6-2)30-23(29)17(13-24)21-22(27-19-10-8-7-9-18(19)26-21)28-12-11-25-20(14-28)15(3)4/h7-10,15-17,20,25H,5-6,11-12,14H2,1-4H3/t17?,20-/m1/s1. The van der Waals surface area contributed by atoms with Crippen LogP contribution in [0.1, 0.15) is 52.1 Å². The number of benzene rings is 1. The molecule has 2 atom stereocenters. The van der Waals surface area contributed by atoms with Gasteiger partial charge >= 0.3 is 5.97 Å². The molecule has 3 rings (SSSR count). The number of hydrogen-bond acceptors (Lipinski definition) is 7. The molecular formula is C23H31N5O2. The molecule has 0 bridgehead atoms. The van der Waals surface area contributed by atoms with Crippen LogP contribution in [0.15, 0.2) is 24.3 Å². The summed E-state index contributed by atoms with van der Waals surface area (Å²) in [7, 11) is 0. The zero-order valence-electron chi connectivity index (χ0n) is 18.3. The van der Waals surface area contributed by atoms with Crippen LogP contribution < -0.4 is 10.2 Å². The molecule has 7 nitrogen and oxygen atoms in total. The second kappa shape index (κ2) is 9.86. The largest absolute Gasteiger partial charge is 0.461 e. The number of aromatic nitrogens is 2. The number of ether oxygens (including phenoxy) is 1. The Morgan fingerprint density at radius 3 is 2.53 bits per heavy atom. The first-order chi connectivity index (χ1) is 14.5. The van der Waals surface area contributed by atoms with Gasteiger partial charge in [-0.1, -0.05) is 39.8 Å². The molecule has 1 unspecified atom stereocenters. The molecule has 1 aromatic carbocycles. The molecule has 7 heteroatoms. The van der Waals surface area contributed by atoms with Gasteiger partial charge in [0, 0.05) is 25.7 Å². The summed E-state index contributed by atoms with van der Waals surface area (Å²) in [6.07, 6.45) is 1.23. The van der Waals surface area contributed by atoms with Crippen molar-refractivity contribution in [1.29, 1.82) is 5.26 Å². The fourth-order valence-electron chi connectivity index (χ4n) is 3.76. The number of nitrogens with zero attached hydrogens (tertiary/aromatic N) is 4. The van der Waals surface area contributed by atoms with Crippen molar-refractivity contribution < 1.29 is 9.53 Å². The number of fused-ring (bicyclic) bond motifs is 1. The highest BCUT2D eigenvalue weighted by atomic mass is 16.5. The third-order valence-corrected chi connectivity index (χ3v) is 5.72. The lowest BCUT2D eigenvalue weighted by molar-refractivity contribution is -0.149. The van der Waals surface area contributed by atoms with Crippen LogP contribution in [0.5, 0.6) is 0 Å². The SMILES string of the molecule is CCC(CC)OC(=O)C(C#N)c1nc2ccccc2nc1N1CCN[C@@H](C(C)C)C1. The van der Waals surface area contributed by atoms with Crippen LogP contribution in [0.4, 0.5) is 5.82 Å². The van der Waals surface area contributed by atoms with Crippen LogP contribution in [0.25, 0.3) is 11.0 Å². The average Bonchev–Trinajstić information content (AvgIpc) is 2.77. The predicted molar refractivity (Wildman–Crippen MR) is 117 cm³/mol. The first-order valence-corrected chi connectivity index (χ1v) is 10.8. The second-order valence-electron chi connectivity index (χ2n) is 8.11. The summed E-state index contributed by atoms with van der Waals surface area (Å²) in [5, 5.41) is 13.4. The quantitative estimate of drug-likeness (QED) is 0.701. The number of esters is 1. The van der Waals surface area contributed by atoms with Crippen LogP contribution in [0, 0.1) is 17.2 Å². The number of anilines is 1. The third kappa shape index (κ3) is 4.71. The summed E-state index contributed by atoms with van der Waals surface area (Å²) in [4.78, 5) is 24.6. The van der Waals surface area contributed by atoms with E-state index >= 15 is 0 Å². The van der Waals surface area contributed by atoms with Crippen molar-refractivity contribution in [2.75, 3.05) is 24.5 Å². The highest BCUT2D eigenvalue weighted by molar-refractivity contribution is 5.85. The van der Waals surface area contributed by atoms with Gasteiger partial charge in [0.25, 0.3) is 0 Å². The number of rotatable bonds is 7. The molecule has 1 aromatic heterocycles. The summed E-state index contributed by atoms with van der Waals surface area (Å²) in [6.45, 7) is 10.6. The van der Waals surface area contributed by atoms with E-state index in [2.05, 4.69) is 30.1 Å². The Hall–Kier alpha value is -2.72. The molecule has 1 saturated heterocycles. The van der Waals surface area contributed by atoms with E-state index in [1.165, 1.54) is 0 Å². The van der Waals surface area contributed by atoms with Crippen molar-refractivity contribution in [3.05, 3.63) is 30.0 Å². The summed E-state index contributed by atoms with van der Waals surface area (Å²) in [6, 6.07) is 9.98. The topological polar surface area (TPSA) is 91.1 Å². The second-order valence-corrected chi connectivity index (χ2v) is 8.11. The molecule has 0 aliphatic carbocycles. The number of nitriles is 1. The maximum absolute atomic E-state index is 12.9. The lowest BCUT2D eigenvalue weighted by Crippen LogP contribution is -2.53. The Morgan fingerprint density at radius 2 is 1.93 bits per heavy atom. The minimum Gasteiger partial charge on any atom is -0.461 e. The van der Waals surface area contributed by atoms with Crippen molar-refractivity contribution in [2.24, 2.45) is 5.92 Å². The van der Waals surface area contributed by atoms with Crippen LogP contribution in [0.2, 0.25) is 0 Å². The van der Waals surface area contributed by atoms with Gasteiger partial charge in [0.15, 0.2) is 11.7 Å². The highest BCUT2D eigenvalue weighted by Gasteiger charge is 2.33. The van der Waals surface area contributed by atoms with Gasteiger partial charge in [-0.15, -0.1) is 0 Å². The molecule has 160 valence electrons. The molecule has 1 N–H and O–H groups in total. The molecule has 30 heavy (non-hydrogen) atoms. The Kier molecular flexibility index (Phi) is 7.22. The van der Waals surface area contributed by atoms with Crippen molar-refractivity contribution in [3.8, 4) is 6.07 Å². The Morgan fingerprint density at radius 1 is 1.27 bits per heavy atom. The summed E-state index contributed by atoms with van der Waals surface area (Å²) >= 11 is 0. The summed E-state index contributed by atoms with van der Waals surface area (Å²) < 4.78 is 5.61. The van der Waals surface area contributed by atoms with Gasteiger partial charge in [-0.05, 0) is 30.9 Å². The molecule has 0 saturated carbocycles. The first kappa shape index (κ1) is 22.0. The summed E-state index contributed by atoms with van der Waals surface area (Å²) in [5.74, 6) is -0.595. The van der Waals surface area contributed by atoms with Crippen molar-refractivity contribution in [2.45, 2.75) is 58.6 Å². The smallest absolute Gasteiger partial charge is 0.329 e. The molecule has 2 aromatic rings. The maximum Gasteiger partial charge on any atom is 0.329 e. The molecule has 0 spiro atoms. The number of hydrogen-bond donors (Lipinski definition) is 1. The molecule has 0 radical (unpaired) electrons. The number of piperazine rings is 1. The molecule has 0 amide bonds. The fourth-order valence-corrected chi connectivity index (χ4v) is 3.76. The monoisotopic (exact) mass is 409 g/mol. The number of carbonyl (C=O) groups is 1. The molecule has 1 aliphatic heterocycles. The average molecular weight is 410 g/mol. The van der Waals surface area contributed by atoms with E-state index in [0.29, 0.717) is 41.8 Å². The third-order valence-electron chi connectivity index (χ3n) is 5.72. The van der Waals surface area contributed by atoms with E-state index in [1.54, 1.807) is 0 Å². The van der Waals surface area contributed by atoms with Gasteiger partial charge in [0.2, 0.25) is 0 Å². The van der Waals surface area contributed by atoms with Gasteiger partial charge in [0.05, 0.1) is 17.1 Å². The van der Waals surface area contributed by atoms with E-state index in [-0.39, 0.29) is 6.10 Å². The Bertz CT molecular complexity index is 919. The van der Waals surface area contributed by atoms with Crippen LogP contribution in [-0.4, -0.2) is 47.7 Å². The molecule has 2 heterocycles. The Balaban J connectivity index is 2.04.